The molecule has 0 aromatic carbocycles. The van der Waals surface area contributed by atoms with E-state index in [9.17, 15) is 0 Å². The van der Waals surface area contributed by atoms with Crippen LogP contribution in [0.5, 0.6) is 0 Å². The van der Waals surface area contributed by atoms with Crippen LogP contribution in [0.1, 0.15) is 30.4 Å². The van der Waals surface area contributed by atoms with Crippen LogP contribution in [0.15, 0.2) is 22.8 Å². The molecule has 0 aliphatic carbocycles. The average Bonchev–Trinajstić information content (AvgIpc) is 3.08. The Hall–Kier alpha value is -1.16. The SMILES string of the molecule is CN=C(NCc1nccn1CC(C)C)N(C)Cc1csc(C)n1.I. The van der Waals surface area contributed by atoms with Gasteiger partial charge in [-0.15, -0.1) is 35.3 Å². The van der Waals surface area contributed by atoms with E-state index in [1.165, 1.54) is 0 Å². The second kappa shape index (κ2) is 9.97. The Morgan fingerprint density at radius 1 is 1.46 bits per heavy atom. The molecule has 0 fully saturated rings. The predicted molar refractivity (Wildman–Crippen MR) is 111 cm³/mol. The van der Waals surface area contributed by atoms with E-state index >= 15 is 0 Å². The smallest absolute Gasteiger partial charge is 0.194 e. The first kappa shape index (κ1) is 20.9. The molecular weight excluding hydrogens is 435 g/mol. The van der Waals surface area contributed by atoms with E-state index in [-0.39, 0.29) is 24.0 Å². The lowest BCUT2D eigenvalue weighted by molar-refractivity contribution is 0.463. The maximum absolute atomic E-state index is 4.50. The van der Waals surface area contributed by atoms with Crippen molar-refractivity contribution in [3.63, 3.8) is 0 Å². The van der Waals surface area contributed by atoms with Crippen LogP contribution in [-0.2, 0) is 19.6 Å². The number of halogens is 1. The fraction of sp³-hybridized carbons (Fsp3) is 0.562. The zero-order valence-electron chi connectivity index (χ0n) is 15.0. The van der Waals surface area contributed by atoms with Gasteiger partial charge in [0.25, 0.3) is 0 Å². The predicted octanol–water partition coefficient (Wildman–Crippen LogP) is 3.13. The van der Waals surface area contributed by atoms with Crippen molar-refractivity contribution < 1.29 is 0 Å². The van der Waals surface area contributed by atoms with E-state index in [2.05, 4.69) is 49.0 Å². The summed E-state index contributed by atoms with van der Waals surface area (Å²) in [6.07, 6.45) is 3.88. The van der Waals surface area contributed by atoms with Gasteiger partial charge in [-0.3, -0.25) is 4.99 Å². The second-order valence-electron chi connectivity index (χ2n) is 6.00. The van der Waals surface area contributed by atoms with Gasteiger partial charge in [-0.25, -0.2) is 9.97 Å². The Bertz CT molecular complexity index is 649. The quantitative estimate of drug-likeness (QED) is 0.407. The Labute approximate surface area is 165 Å². The molecule has 2 aromatic heterocycles. The summed E-state index contributed by atoms with van der Waals surface area (Å²) < 4.78 is 2.19. The zero-order chi connectivity index (χ0) is 16.8. The van der Waals surface area contributed by atoms with Crippen LogP contribution in [0, 0.1) is 12.8 Å². The lowest BCUT2D eigenvalue weighted by Crippen LogP contribution is -2.38. The molecule has 0 saturated carbocycles. The molecule has 0 unspecified atom stereocenters. The lowest BCUT2D eigenvalue weighted by atomic mass is 10.2. The summed E-state index contributed by atoms with van der Waals surface area (Å²) in [6, 6.07) is 0. The van der Waals surface area contributed by atoms with E-state index in [4.69, 9.17) is 0 Å². The number of hydrogen-bond donors (Lipinski definition) is 1. The van der Waals surface area contributed by atoms with Crippen LogP contribution >= 0.6 is 35.3 Å². The van der Waals surface area contributed by atoms with Crippen molar-refractivity contribution in [3.05, 3.63) is 34.3 Å². The molecule has 6 nitrogen and oxygen atoms in total. The molecule has 0 spiro atoms. The third-order valence-electron chi connectivity index (χ3n) is 3.41. The fourth-order valence-corrected chi connectivity index (χ4v) is 3.01. The van der Waals surface area contributed by atoms with E-state index < -0.39 is 0 Å². The van der Waals surface area contributed by atoms with Gasteiger partial charge in [-0.05, 0) is 12.8 Å². The second-order valence-corrected chi connectivity index (χ2v) is 7.07. The summed E-state index contributed by atoms with van der Waals surface area (Å²) in [5.41, 5.74) is 1.07. The minimum Gasteiger partial charge on any atom is -0.349 e. The lowest BCUT2D eigenvalue weighted by Gasteiger charge is -2.21. The first-order valence-electron chi connectivity index (χ1n) is 7.82. The molecule has 0 atom stereocenters. The minimum absolute atomic E-state index is 0. The van der Waals surface area contributed by atoms with Crippen molar-refractivity contribution >= 4 is 41.3 Å². The summed E-state index contributed by atoms with van der Waals surface area (Å²) in [7, 11) is 3.82. The molecule has 0 aliphatic rings. The minimum atomic E-state index is 0. The van der Waals surface area contributed by atoms with Gasteiger partial charge in [0.1, 0.15) is 5.82 Å². The summed E-state index contributed by atoms with van der Waals surface area (Å²) in [4.78, 5) is 15.4. The number of aliphatic imine (C=N–C) groups is 1. The van der Waals surface area contributed by atoms with Gasteiger partial charge in [-0.1, -0.05) is 13.8 Å². The molecule has 134 valence electrons. The molecule has 2 aromatic rings. The van der Waals surface area contributed by atoms with Gasteiger partial charge in [-0.2, -0.15) is 0 Å². The summed E-state index contributed by atoms with van der Waals surface area (Å²) in [5, 5.41) is 6.56. The van der Waals surface area contributed by atoms with Crippen LogP contribution in [-0.4, -0.2) is 39.5 Å². The summed E-state index contributed by atoms with van der Waals surface area (Å²) in [5.74, 6) is 2.46. The molecule has 2 heterocycles. The number of rotatable bonds is 6. The summed E-state index contributed by atoms with van der Waals surface area (Å²) >= 11 is 1.67. The fourth-order valence-electron chi connectivity index (χ4n) is 2.41. The Kier molecular flexibility index (Phi) is 8.68. The highest BCUT2D eigenvalue weighted by Gasteiger charge is 2.10. The van der Waals surface area contributed by atoms with Gasteiger partial charge >= 0.3 is 0 Å². The third kappa shape index (κ3) is 6.04. The molecule has 2 rings (SSSR count). The zero-order valence-corrected chi connectivity index (χ0v) is 18.1. The average molecular weight is 462 g/mol. The Morgan fingerprint density at radius 2 is 2.21 bits per heavy atom. The Morgan fingerprint density at radius 3 is 2.79 bits per heavy atom. The van der Waals surface area contributed by atoms with Crippen LogP contribution < -0.4 is 5.32 Å². The van der Waals surface area contributed by atoms with Gasteiger partial charge in [0.05, 0.1) is 23.8 Å². The van der Waals surface area contributed by atoms with E-state index in [1.54, 1.807) is 18.4 Å². The van der Waals surface area contributed by atoms with E-state index in [0.29, 0.717) is 12.5 Å². The van der Waals surface area contributed by atoms with Crippen molar-refractivity contribution in [2.24, 2.45) is 10.9 Å². The van der Waals surface area contributed by atoms with Crippen molar-refractivity contribution in [3.8, 4) is 0 Å². The molecule has 0 radical (unpaired) electrons. The van der Waals surface area contributed by atoms with Gasteiger partial charge in [0, 0.05) is 38.4 Å². The largest absolute Gasteiger partial charge is 0.349 e. The number of nitrogens with zero attached hydrogens (tertiary/aromatic N) is 5. The number of imidazole rings is 1. The maximum atomic E-state index is 4.50. The van der Waals surface area contributed by atoms with E-state index in [0.717, 1.165) is 35.6 Å². The van der Waals surface area contributed by atoms with Crippen molar-refractivity contribution in [2.45, 2.75) is 40.4 Å². The highest BCUT2D eigenvalue weighted by atomic mass is 127. The number of thiazole rings is 1. The molecular formula is C16H27IN6S. The van der Waals surface area contributed by atoms with Crippen molar-refractivity contribution in [2.75, 3.05) is 14.1 Å². The topological polar surface area (TPSA) is 58.3 Å². The highest BCUT2D eigenvalue weighted by Crippen LogP contribution is 2.10. The van der Waals surface area contributed by atoms with Crippen LogP contribution in [0.2, 0.25) is 0 Å². The number of aryl methyl sites for hydroxylation is 1. The van der Waals surface area contributed by atoms with Crippen LogP contribution in [0.25, 0.3) is 0 Å². The normalized spacial score (nSPS) is 11.5. The molecule has 0 aliphatic heterocycles. The maximum Gasteiger partial charge on any atom is 0.194 e. The van der Waals surface area contributed by atoms with Crippen molar-refractivity contribution in [1.29, 1.82) is 0 Å². The third-order valence-corrected chi connectivity index (χ3v) is 4.23. The first-order valence-corrected chi connectivity index (χ1v) is 8.70. The van der Waals surface area contributed by atoms with Gasteiger partial charge in [0.15, 0.2) is 5.96 Å². The molecule has 0 bridgehead atoms. The number of guanidine groups is 1. The van der Waals surface area contributed by atoms with Gasteiger partial charge in [0.2, 0.25) is 0 Å². The monoisotopic (exact) mass is 462 g/mol. The van der Waals surface area contributed by atoms with Crippen LogP contribution in [0.4, 0.5) is 0 Å². The molecule has 24 heavy (non-hydrogen) atoms. The van der Waals surface area contributed by atoms with Crippen LogP contribution in [0.3, 0.4) is 0 Å². The number of hydrogen-bond acceptors (Lipinski definition) is 4. The highest BCUT2D eigenvalue weighted by molar-refractivity contribution is 14.0. The number of aromatic nitrogens is 3. The summed E-state index contributed by atoms with van der Waals surface area (Å²) in [6.45, 7) is 8.82. The van der Waals surface area contributed by atoms with Gasteiger partial charge < -0.3 is 14.8 Å². The Balaban J connectivity index is 0.00000288. The number of nitrogens with one attached hydrogen (secondary N) is 1. The first-order chi connectivity index (χ1) is 11.0. The molecule has 0 amide bonds. The van der Waals surface area contributed by atoms with E-state index in [1.807, 2.05) is 26.4 Å². The molecule has 1 N–H and O–H groups in total. The molecule has 8 heteroatoms. The standard InChI is InChI=1S/C16H26N6S.HI/c1-12(2)9-22-7-6-18-15(22)8-19-16(17-4)21(5)10-14-11-23-13(3)20-14;/h6-7,11-12H,8-10H2,1-5H3,(H,17,19);1H. The van der Waals surface area contributed by atoms with Crippen molar-refractivity contribution in [1.82, 2.24) is 24.8 Å². The molecule has 0 saturated heterocycles.